The average Bonchev–Trinajstić information content (AvgIpc) is 2.89. The number of esters is 1. The van der Waals surface area contributed by atoms with Gasteiger partial charge in [-0.2, -0.15) is 0 Å². The molecule has 0 aromatic heterocycles. The van der Waals surface area contributed by atoms with E-state index in [1.165, 1.54) is 0 Å². The number of hydrogen-bond donors (Lipinski definition) is 0. The van der Waals surface area contributed by atoms with Crippen molar-refractivity contribution < 1.29 is 14.3 Å². The van der Waals surface area contributed by atoms with Gasteiger partial charge in [-0.15, -0.1) is 0 Å². The van der Waals surface area contributed by atoms with E-state index in [-0.39, 0.29) is 5.97 Å². The second kappa shape index (κ2) is 7.25. The first kappa shape index (κ1) is 17.5. The van der Waals surface area contributed by atoms with E-state index in [2.05, 4.69) is 47.8 Å². The molecule has 1 aliphatic rings. The predicted octanol–water partition coefficient (Wildman–Crippen LogP) is 5.96. The number of ether oxygens (including phenoxy) is 2. The topological polar surface area (TPSA) is 35.5 Å². The van der Waals surface area contributed by atoms with E-state index in [4.69, 9.17) is 9.47 Å². The molecule has 24 heavy (non-hydrogen) atoms. The quantitative estimate of drug-likeness (QED) is 0.374. The van der Waals surface area contributed by atoms with Gasteiger partial charge in [0.1, 0.15) is 11.5 Å². The molecule has 0 unspecified atom stereocenters. The molecule has 1 aliphatic heterocycles. The first-order chi connectivity index (χ1) is 11.5. The van der Waals surface area contributed by atoms with Crippen LogP contribution in [0.1, 0.15) is 11.1 Å². The van der Waals surface area contributed by atoms with Crippen LogP contribution in [-0.4, -0.2) is 13.1 Å². The van der Waals surface area contributed by atoms with Crippen molar-refractivity contribution in [2.24, 2.45) is 0 Å². The Morgan fingerprint density at radius 3 is 2.25 bits per heavy atom. The van der Waals surface area contributed by atoms with Crippen molar-refractivity contribution in [2.45, 2.75) is 0 Å². The molecule has 0 atom stereocenters. The summed E-state index contributed by atoms with van der Waals surface area (Å²) in [4.78, 5) is 12.1. The zero-order chi connectivity index (χ0) is 17.3. The zero-order valence-electron chi connectivity index (χ0n) is 12.5. The van der Waals surface area contributed by atoms with Gasteiger partial charge in [-0.1, -0.05) is 28.1 Å². The van der Waals surface area contributed by atoms with Gasteiger partial charge in [0.15, 0.2) is 0 Å². The Hall–Kier alpha value is -1.37. The summed E-state index contributed by atoms with van der Waals surface area (Å²) in [6.07, 6.45) is 3.53. The molecule has 1 heterocycles. The highest BCUT2D eigenvalue weighted by Gasteiger charge is 2.22. The van der Waals surface area contributed by atoms with Gasteiger partial charge < -0.3 is 9.47 Å². The van der Waals surface area contributed by atoms with Gasteiger partial charge >= 0.3 is 5.97 Å². The molecule has 2 aromatic rings. The molecule has 0 aliphatic carbocycles. The lowest BCUT2D eigenvalue weighted by molar-refractivity contribution is -0.130. The lowest BCUT2D eigenvalue weighted by atomic mass is 10.1. The van der Waals surface area contributed by atoms with Crippen LogP contribution in [0.5, 0.6) is 5.75 Å². The van der Waals surface area contributed by atoms with Crippen LogP contribution in [0, 0.1) is 0 Å². The number of halogens is 3. The Balaban J connectivity index is 1.95. The number of cyclic esters (lactones) is 1. The maximum Gasteiger partial charge on any atom is 0.343 e. The molecular weight excluding hydrogens is 504 g/mol. The lowest BCUT2D eigenvalue weighted by Crippen LogP contribution is -1.97. The maximum atomic E-state index is 12.1. The average molecular weight is 515 g/mol. The molecule has 2 aromatic carbocycles. The minimum absolute atomic E-state index is 0.365. The molecule has 0 saturated carbocycles. The van der Waals surface area contributed by atoms with Crippen molar-refractivity contribution in [3.05, 3.63) is 72.6 Å². The smallest absolute Gasteiger partial charge is 0.343 e. The molecule has 0 radical (unpaired) electrons. The van der Waals surface area contributed by atoms with E-state index in [0.717, 1.165) is 24.5 Å². The van der Waals surface area contributed by atoms with Gasteiger partial charge in [-0.05, 0) is 73.8 Å². The molecule has 0 spiro atoms. The number of benzene rings is 2. The first-order valence-electron chi connectivity index (χ1n) is 6.92. The third kappa shape index (κ3) is 3.66. The second-order valence-corrected chi connectivity index (χ2v) is 7.65. The minimum Gasteiger partial charge on any atom is -0.494 e. The predicted molar refractivity (Wildman–Crippen MR) is 105 cm³/mol. The van der Waals surface area contributed by atoms with E-state index >= 15 is 0 Å². The molecular formula is C18H11Br3O3. The molecule has 0 N–H and O–H groups in total. The Morgan fingerprint density at radius 1 is 1.04 bits per heavy atom. The van der Waals surface area contributed by atoms with Crippen LogP contribution in [0.2, 0.25) is 0 Å². The van der Waals surface area contributed by atoms with Crippen LogP contribution < -0.4 is 4.74 Å². The second-order valence-electron chi connectivity index (χ2n) is 5.02. The summed E-state index contributed by atoms with van der Waals surface area (Å²) in [5.74, 6) is 0.888. The van der Waals surface area contributed by atoms with Crippen LogP contribution in [0.25, 0.3) is 11.8 Å². The van der Waals surface area contributed by atoms with Crippen molar-refractivity contribution in [3.63, 3.8) is 0 Å². The Labute approximate surface area is 164 Å². The van der Waals surface area contributed by atoms with Gasteiger partial charge in [-0.25, -0.2) is 4.79 Å². The van der Waals surface area contributed by atoms with E-state index < -0.39 is 0 Å². The largest absolute Gasteiger partial charge is 0.494 e. The summed E-state index contributed by atoms with van der Waals surface area (Å²) >= 11 is 10.3. The summed E-state index contributed by atoms with van der Waals surface area (Å²) in [6.45, 7) is 0. The Bertz CT molecular complexity index is 845. The monoisotopic (exact) mass is 512 g/mol. The molecule has 0 saturated heterocycles. The number of hydrogen-bond acceptors (Lipinski definition) is 3. The number of carbonyl (C=O) groups is 1. The van der Waals surface area contributed by atoms with Crippen molar-refractivity contribution in [1.82, 2.24) is 0 Å². The number of carbonyl (C=O) groups excluding carboxylic acids is 1. The fourth-order valence-electron chi connectivity index (χ4n) is 2.28. The van der Waals surface area contributed by atoms with Gasteiger partial charge in [0.05, 0.1) is 21.6 Å². The van der Waals surface area contributed by atoms with Crippen LogP contribution in [-0.2, 0) is 9.53 Å². The van der Waals surface area contributed by atoms with Crippen molar-refractivity contribution in [2.75, 3.05) is 7.11 Å². The highest BCUT2D eigenvalue weighted by Crippen LogP contribution is 2.36. The van der Waals surface area contributed by atoms with E-state index in [9.17, 15) is 4.79 Å². The Morgan fingerprint density at radius 2 is 1.67 bits per heavy atom. The van der Waals surface area contributed by atoms with Crippen molar-refractivity contribution in [1.29, 1.82) is 0 Å². The van der Waals surface area contributed by atoms with E-state index in [1.54, 1.807) is 19.3 Å². The lowest BCUT2D eigenvalue weighted by Gasteiger charge is -2.07. The third-order valence-electron chi connectivity index (χ3n) is 3.40. The van der Waals surface area contributed by atoms with Crippen LogP contribution in [0.15, 0.2) is 61.5 Å². The van der Waals surface area contributed by atoms with E-state index in [1.807, 2.05) is 36.4 Å². The summed E-state index contributed by atoms with van der Waals surface area (Å²) < 4.78 is 13.2. The summed E-state index contributed by atoms with van der Waals surface area (Å²) in [6, 6.07) is 11.4. The first-order valence-corrected chi connectivity index (χ1v) is 9.30. The summed E-state index contributed by atoms with van der Waals surface area (Å²) in [7, 11) is 1.60. The van der Waals surface area contributed by atoms with Crippen molar-refractivity contribution in [3.8, 4) is 5.75 Å². The molecule has 3 rings (SSSR count). The number of rotatable bonds is 3. The molecule has 0 fully saturated rings. The third-order valence-corrected chi connectivity index (χ3v) is 5.11. The fraction of sp³-hybridized carbons (Fsp3) is 0.0556. The SMILES string of the molecule is COc1c(Br)cc(/C=C2\C=C(c3ccc(Br)cc3)OC2=O)cc1Br. The molecule has 122 valence electrons. The van der Waals surface area contributed by atoms with Gasteiger partial charge in [0, 0.05) is 10.0 Å². The Kier molecular flexibility index (Phi) is 5.27. The fourth-order valence-corrected chi connectivity index (χ4v) is 4.09. The summed E-state index contributed by atoms with van der Waals surface area (Å²) in [5.41, 5.74) is 2.21. The van der Waals surface area contributed by atoms with Gasteiger partial charge in [0.25, 0.3) is 0 Å². The minimum atomic E-state index is -0.365. The molecule has 3 nitrogen and oxygen atoms in total. The standard InChI is InChI=1S/C18H11Br3O3/c1-23-17-14(20)7-10(8-15(17)21)6-12-9-16(24-18(12)22)11-2-4-13(19)5-3-11/h2-9H,1H3/b12-6+. The highest BCUT2D eigenvalue weighted by molar-refractivity contribution is 9.11. The summed E-state index contributed by atoms with van der Waals surface area (Å²) in [5, 5.41) is 0. The van der Waals surface area contributed by atoms with Gasteiger partial charge in [0.2, 0.25) is 0 Å². The number of methoxy groups -OCH3 is 1. The normalized spacial score (nSPS) is 15.4. The zero-order valence-corrected chi connectivity index (χ0v) is 17.2. The molecule has 6 heteroatoms. The maximum absolute atomic E-state index is 12.1. The van der Waals surface area contributed by atoms with E-state index in [0.29, 0.717) is 17.1 Å². The van der Waals surface area contributed by atoms with Gasteiger partial charge in [-0.3, -0.25) is 0 Å². The highest BCUT2D eigenvalue weighted by atomic mass is 79.9. The molecule has 0 amide bonds. The van der Waals surface area contributed by atoms with Crippen LogP contribution in [0.4, 0.5) is 0 Å². The van der Waals surface area contributed by atoms with Crippen LogP contribution >= 0.6 is 47.8 Å². The van der Waals surface area contributed by atoms with Crippen molar-refractivity contribution >= 4 is 65.6 Å². The molecule has 0 bridgehead atoms. The van der Waals surface area contributed by atoms with Crippen LogP contribution in [0.3, 0.4) is 0 Å².